The van der Waals surface area contributed by atoms with Gasteiger partial charge in [0, 0.05) is 22.9 Å². The van der Waals surface area contributed by atoms with E-state index in [2.05, 4.69) is 10.6 Å². The molecule has 0 fully saturated rings. The van der Waals surface area contributed by atoms with Gasteiger partial charge in [-0.1, -0.05) is 0 Å². The number of hydrogen-bond donors (Lipinski definition) is 2. The van der Waals surface area contributed by atoms with Gasteiger partial charge in [-0.25, -0.2) is 0 Å². The van der Waals surface area contributed by atoms with Gasteiger partial charge in [0.15, 0.2) is 0 Å². The van der Waals surface area contributed by atoms with E-state index in [0.29, 0.717) is 0 Å². The third-order valence-corrected chi connectivity index (χ3v) is 3.82. The second kappa shape index (κ2) is 8.56. The van der Waals surface area contributed by atoms with E-state index in [-0.39, 0.29) is 22.4 Å². The molecule has 2 aromatic rings. The topological polar surface area (TPSA) is 185 Å². The lowest BCUT2D eigenvalue weighted by Gasteiger charge is -2.09. The van der Waals surface area contributed by atoms with Crippen molar-refractivity contribution in [2.75, 3.05) is 11.9 Å². The van der Waals surface area contributed by atoms with Gasteiger partial charge in [-0.05, 0) is 31.2 Å². The van der Waals surface area contributed by atoms with Gasteiger partial charge in [0.25, 0.3) is 23.2 Å². The summed E-state index contributed by atoms with van der Waals surface area (Å²) in [7, 11) is 0. The van der Waals surface area contributed by atoms with E-state index in [9.17, 15) is 39.7 Å². The minimum absolute atomic E-state index is 0.0450. The summed E-state index contributed by atoms with van der Waals surface area (Å²) in [5.41, 5.74) is -1.14. The number of nitro groups is 2. The smallest absolute Gasteiger partial charge is 0.279 e. The Morgan fingerprint density at radius 1 is 0.966 bits per heavy atom. The summed E-state index contributed by atoms with van der Waals surface area (Å²) in [6.45, 7) is 0.629. The molecule has 29 heavy (non-hydrogen) atoms. The molecule has 0 unspecified atom stereocenters. The standard InChI is InChI=1S/C17H14N4O8/c1-9-13(6-12(20(26)27)7-14(9)21(28)29)17(25)19-11-4-2-10(3-5-11)16(24)18-8-15(22)23/h2-7H,8H2,1H3,(H,18,24)(H,19,25)(H,22,23)/p-1. The highest BCUT2D eigenvalue weighted by atomic mass is 16.6. The molecule has 0 radical (unpaired) electrons. The van der Waals surface area contributed by atoms with Crippen LogP contribution in [0.15, 0.2) is 36.4 Å². The van der Waals surface area contributed by atoms with Crippen LogP contribution in [0, 0.1) is 27.2 Å². The minimum atomic E-state index is -1.45. The molecule has 2 aromatic carbocycles. The van der Waals surface area contributed by atoms with Crippen LogP contribution in [-0.2, 0) is 4.79 Å². The zero-order valence-corrected chi connectivity index (χ0v) is 14.8. The van der Waals surface area contributed by atoms with Crippen LogP contribution in [0.1, 0.15) is 26.3 Å². The first-order chi connectivity index (χ1) is 13.6. The van der Waals surface area contributed by atoms with E-state index in [4.69, 9.17) is 0 Å². The van der Waals surface area contributed by atoms with Crippen molar-refractivity contribution in [1.82, 2.24) is 5.32 Å². The molecule has 0 heterocycles. The third kappa shape index (κ3) is 5.09. The second-order valence-electron chi connectivity index (χ2n) is 5.74. The molecule has 0 aromatic heterocycles. The largest absolute Gasteiger partial charge is 0.548 e. The molecule has 0 aliphatic heterocycles. The average Bonchev–Trinajstić information content (AvgIpc) is 2.66. The average molecular weight is 401 g/mol. The van der Waals surface area contributed by atoms with E-state index in [1.165, 1.54) is 31.2 Å². The lowest BCUT2D eigenvalue weighted by atomic mass is 10.0. The van der Waals surface area contributed by atoms with Crippen molar-refractivity contribution in [2.45, 2.75) is 6.92 Å². The maximum atomic E-state index is 12.5. The number of non-ortho nitro benzene ring substituents is 1. The molecule has 150 valence electrons. The van der Waals surface area contributed by atoms with Crippen molar-refractivity contribution >= 4 is 34.8 Å². The number of hydrogen-bond acceptors (Lipinski definition) is 8. The Labute approximate surface area is 162 Å². The lowest BCUT2D eigenvalue weighted by molar-refractivity contribution is -0.394. The lowest BCUT2D eigenvalue weighted by Crippen LogP contribution is -2.37. The van der Waals surface area contributed by atoms with Gasteiger partial charge in [0.05, 0.1) is 34.0 Å². The SMILES string of the molecule is Cc1c(C(=O)Nc2ccc(C(=O)NCC(=O)[O-])cc2)cc([N+](=O)[O-])cc1[N+](=O)[O-]. The Morgan fingerprint density at radius 2 is 1.59 bits per heavy atom. The van der Waals surface area contributed by atoms with Crippen LogP contribution in [0.3, 0.4) is 0 Å². The number of carboxylic acid groups (broad SMARTS) is 1. The Balaban J connectivity index is 2.24. The van der Waals surface area contributed by atoms with Gasteiger partial charge in [-0.3, -0.25) is 29.8 Å². The van der Waals surface area contributed by atoms with Crippen molar-refractivity contribution < 1.29 is 29.3 Å². The summed E-state index contributed by atoms with van der Waals surface area (Å²) in [6, 6.07) is 7.00. The number of carbonyl (C=O) groups excluding carboxylic acids is 3. The van der Waals surface area contributed by atoms with Gasteiger partial charge in [0.2, 0.25) is 0 Å². The van der Waals surface area contributed by atoms with E-state index in [1.807, 2.05) is 0 Å². The Kier molecular flexibility index (Phi) is 6.19. The molecule has 0 atom stereocenters. The van der Waals surface area contributed by atoms with Crippen LogP contribution < -0.4 is 15.7 Å². The molecule has 2 amide bonds. The first kappa shape index (κ1) is 21.0. The van der Waals surface area contributed by atoms with Crippen LogP contribution in [-0.4, -0.2) is 34.2 Å². The van der Waals surface area contributed by atoms with Gasteiger partial charge in [-0.2, -0.15) is 0 Å². The Hall–Kier alpha value is -4.35. The van der Waals surface area contributed by atoms with Crippen LogP contribution >= 0.6 is 0 Å². The number of rotatable bonds is 7. The maximum Gasteiger partial charge on any atom is 0.279 e. The summed E-state index contributed by atoms with van der Waals surface area (Å²) in [5, 5.41) is 37.0. The van der Waals surface area contributed by atoms with E-state index < -0.39 is 45.5 Å². The molecule has 0 bridgehead atoms. The van der Waals surface area contributed by atoms with Crippen LogP contribution in [0.25, 0.3) is 0 Å². The van der Waals surface area contributed by atoms with Crippen molar-refractivity contribution in [3.63, 3.8) is 0 Å². The number of anilines is 1. The second-order valence-corrected chi connectivity index (χ2v) is 5.74. The predicted octanol–water partition coefficient (Wildman–Crippen LogP) is 0.543. The zero-order chi connectivity index (χ0) is 21.7. The number of aliphatic carboxylic acids is 1. The monoisotopic (exact) mass is 401 g/mol. The predicted molar refractivity (Wildman–Crippen MR) is 96.2 cm³/mol. The van der Waals surface area contributed by atoms with E-state index in [0.717, 1.165) is 12.1 Å². The maximum absolute atomic E-state index is 12.5. The molecule has 12 nitrogen and oxygen atoms in total. The zero-order valence-electron chi connectivity index (χ0n) is 14.8. The first-order valence-electron chi connectivity index (χ1n) is 7.93. The minimum Gasteiger partial charge on any atom is -0.548 e. The number of nitrogens with zero attached hydrogens (tertiary/aromatic N) is 2. The van der Waals surface area contributed by atoms with Crippen molar-refractivity contribution in [1.29, 1.82) is 0 Å². The molecule has 2 N–H and O–H groups in total. The van der Waals surface area contributed by atoms with E-state index >= 15 is 0 Å². The number of carboxylic acids is 1. The van der Waals surface area contributed by atoms with Gasteiger partial charge >= 0.3 is 0 Å². The normalized spacial score (nSPS) is 10.1. The van der Waals surface area contributed by atoms with Crippen LogP contribution in [0.2, 0.25) is 0 Å². The van der Waals surface area contributed by atoms with Gasteiger partial charge in [-0.15, -0.1) is 0 Å². The van der Waals surface area contributed by atoms with Gasteiger partial charge in [0.1, 0.15) is 0 Å². The number of nitrogens with one attached hydrogen (secondary N) is 2. The van der Waals surface area contributed by atoms with Crippen molar-refractivity contribution in [3.05, 3.63) is 73.3 Å². The van der Waals surface area contributed by atoms with Crippen LogP contribution in [0.5, 0.6) is 0 Å². The number of amides is 2. The third-order valence-electron chi connectivity index (χ3n) is 3.82. The molecule has 2 rings (SSSR count). The molecule has 0 saturated heterocycles. The molecule has 0 aliphatic rings. The van der Waals surface area contributed by atoms with Gasteiger partial charge < -0.3 is 20.5 Å². The summed E-state index contributed by atoms with van der Waals surface area (Å²) in [5.74, 6) is -2.94. The number of benzene rings is 2. The Bertz CT molecular complexity index is 1020. The number of carbonyl (C=O) groups is 3. The van der Waals surface area contributed by atoms with E-state index in [1.54, 1.807) is 0 Å². The molecule has 12 heteroatoms. The molecular weight excluding hydrogens is 388 g/mol. The highest BCUT2D eigenvalue weighted by Crippen LogP contribution is 2.28. The van der Waals surface area contributed by atoms with Crippen LogP contribution in [0.4, 0.5) is 17.1 Å². The molecule has 0 aliphatic carbocycles. The molecule has 0 saturated carbocycles. The molecular formula is C17H13N4O8-. The highest BCUT2D eigenvalue weighted by molar-refractivity contribution is 6.06. The Morgan fingerprint density at radius 3 is 2.10 bits per heavy atom. The fraction of sp³-hybridized carbons (Fsp3) is 0.118. The first-order valence-corrected chi connectivity index (χ1v) is 7.93. The fourth-order valence-electron chi connectivity index (χ4n) is 2.37. The fourth-order valence-corrected chi connectivity index (χ4v) is 2.37. The van der Waals surface area contributed by atoms with Crippen molar-refractivity contribution in [3.8, 4) is 0 Å². The summed E-state index contributed by atoms with van der Waals surface area (Å²) in [4.78, 5) is 55.0. The summed E-state index contributed by atoms with van der Waals surface area (Å²) < 4.78 is 0. The molecule has 0 spiro atoms. The van der Waals surface area contributed by atoms with Crippen molar-refractivity contribution in [2.24, 2.45) is 0 Å². The summed E-state index contributed by atoms with van der Waals surface area (Å²) in [6.07, 6.45) is 0. The number of nitro benzene ring substituents is 2. The summed E-state index contributed by atoms with van der Waals surface area (Å²) >= 11 is 0. The highest BCUT2D eigenvalue weighted by Gasteiger charge is 2.24. The quantitative estimate of drug-likeness (QED) is 0.497.